The number of hydrogen-bond acceptors (Lipinski definition) is 6. The highest BCUT2D eigenvalue weighted by molar-refractivity contribution is 6.31. The van der Waals surface area contributed by atoms with Crippen LogP contribution in [0.2, 0.25) is 5.15 Å². The molecule has 0 aliphatic carbocycles. The Bertz CT molecular complexity index is 1100. The standard InChI is InChI=1S/C21H25ClN6O3/c1-12(2)11-28-19(22)15(13(3)27-28)8-9-18(29)23-21-24-20(25-26-21)16-7-6-14(30-4)10-17(16)31-5/h6-10,12H,11H2,1-5H3,(H2,23,24,25,26,29)/b9-8+. The van der Waals surface area contributed by atoms with E-state index in [4.69, 9.17) is 21.1 Å². The number of H-pyrrole nitrogens is 1. The quantitative estimate of drug-likeness (QED) is 0.509. The lowest BCUT2D eigenvalue weighted by Gasteiger charge is -2.07. The van der Waals surface area contributed by atoms with Crippen LogP contribution < -0.4 is 14.8 Å². The van der Waals surface area contributed by atoms with Crippen LogP contribution >= 0.6 is 11.6 Å². The Morgan fingerprint density at radius 2 is 2.10 bits per heavy atom. The number of nitrogens with zero attached hydrogens (tertiary/aromatic N) is 4. The van der Waals surface area contributed by atoms with Gasteiger partial charge in [0, 0.05) is 24.3 Å². The highest BCUT2D eigenvalue weighted by Crippen LogP contribution is 2.31. The van der Waals surface area contributed by atoms with Crippen LogP contribution in [0.25, 0.3) is 17.5 Å². The molecule has 2 heterocycles. The molecule has 0 radical (unpaired) electrons. The fourth-order valence-corrected chi connectivity index (χ4v) is 3.27. The van der Waals surface area contributed by atoms with E-state index >= 15 is 0 Å². The molecule has 31 heavy (non-hydrogen) atoms. The number of carbonyl (C=O) groups excluding carboxylic acids is 1. The number of aryl methyl sites for hydroxylation is 1. The van der Waals surface area contributed by atoms with Gasteiger partial charge in [0.1, 0.15) is 16.7 Å². The third-order valence-corrected chi connectivity index (χ3v) is 4.83. The van der Waals surface area contributed by atoms with Gasteiger partial charge in [-0.2, -0.15) is 10.1 Å². The van der Waals surface area contributed by atoms with Crippen LogP contribution in [0.1, 0.15) is 25.1 Å². The first kappa shape index (κ1) is 22.4. The van der Waals surface area contributed by atoms with Gasteiger partial charge in [-0.15, -0.1) is 5.10 Å². The minimum Gasteiger partial charge on any atom is -0.497 e. The summed E-state index contributed by atoms with van der Waals surface area (Å²) >= 11 is 6.41. The van der Waals surface area contributed by atoms with E-state index in [2.05, 4.69) is 39.4 Å². The minimum atomic E-state index is -0.390. The van der Waals surface area contributed by atoms with E-state index in [1.165, 1.54) is 6.08 Å². The minimum absolute atomic E-state index is 0.140. The third-order valence-electron chi connectivity index (χ3n) is 4.43. The van der Waals surface area contributed by atoms with E-state index in [9.17, 15) is 4.79 Å². The number of nitrogens with one attached hydrogen (secondary N) is 2. The number of rotatable bonds is 8. The van der Waals surface area contributed by atoms with E-state index in [0.29, 0.717) is 46.1 Å². The van der Waals surface area contributed by atoms with Crippen molar-refractivity contribution in [2.75, 3.05) is 19.5 Å². The maximum Gasteiger partial charge on any atom is 0.250 e. The van der Waals surface area contributed by atoms with Crippen molar-refractivity contribution in [3.63, 3.8) is 0 Å². The van der Waals surface area contributed by atoms with E-state index in [-0.39, 0.29) is 11.9 Å². The summed E-state index contributed by atoms with van der Waals surface area (Å²) in [7, 11) is 3.13. The first-order valence-electron chi connectivity index (χ1n) is 9.69. The number of anilines is 1. The molecule has 2 N–H and O–H groups in total. The topological polar surface area (TPSA) is 107 Å². The smallest absolute Gasteiger partial charge is 0.250 e. The number of methoxy groups -OCH3 is 2. The molecule has 1 aromatic carbocycles. The fourth-order valence-electron chi connectivity index (χ4n) is 2.97. The number of carbonyl (C=O) groups is 1. The van der Waals surface area contributed by atoms with E-state index < -0.39 is 0 Å². The Morgan fingerprint density at radius 1 is 1.32 bits per heavy atom. The zero-order valence-corrected chi connectivity index (χ0v) is 18.8. The van der Waals surface area contributed by atoms with E-state index in [1.807, 2.05) is 6.92 Å². The Balaban J connectivity index is 1.72. The largest absolute Gasteiger partial charge is 0.497 e. The maximum atomic E-state index is 12.3. The van der Waals surface area contributed by atoms with Crippen molar-refractivity contribution in [1.29, 1.82) is 0 Å². The van der Waals surface area contributed by atoms with Gasteiger partial charge in [-0.3, -0.25) is 19.9 Å². The Kier molecular flexibility index (Phi) is 6.96. The molecule has 1 amide bonds. The van der Waals surface area contributed by atoms with Gasteiger partial charge in [0.15, 0.2) is 5.82 Å². The highest BCUT2D eigenvalue weighted by atomic mass is 35.5. The monoisotopic (exact) mass is 444 g/mol. The molecule has 3 rings (SSSR count). The van der Waals surface area contributed by atoms with Gasteiger partial charge >= 0.3 is 0 Å². The third kappa shape index (κ3) is 5.24. The van der Waals surface area contributed by atoms with Crippen LogP contribution in [0.15, 0.2) is 24.3 Å². The van der Waals surface area contributed by atoms with Crippen LogP contribution in [0.3, 0.4) is 0 Å². The predicted molar refractivity (Wildman–Crippen MR) is 119 cm³/mol. The molecule has 0 bridgehead atoms. The second-order valence-electron chi connectivity index (χ2n) is 7.26. The van der Waals surface area contributed by atoms with E-state index in [0.717, 1.165) is 5.69 Å². The Hall–Kier alpha value is -3.33. The van der Waals surface area contributed by atoms with Gasteiger partial charge in [-0.1, -0.05) is 25.4 Å². The molecular formula is C21H25ClN6O3. The summed E-state index contributed by atoms with van der Waals surface area (Å²) in [5.74, 6) is 1.83. The maximum absolute atomic E-state index is 12.3. The van der Waals surface area contributed by atoms with Crippen molar-refractivity contribution in [2.24, 2.45) is 5.92 Å². The summed E-state index contributed by atoms with van der Waals surface area (Å²) in [5.41, 5.74) is 2.14. The Morgan fingerprint density at radius 3 is 2.77 bits per heavy atom. The van der Waals surface area contributed by atoms with Crippen molar-refractivity contribution in [2.45, 2.75) is 27.3 Å². The number of benzene rings is 1. The average Bonchev–Trinajstić information content (AvgIpc) is 3.30. The SMILES string of the molecule is COc1ccc(-c2nc(NC(=O)/C=C/c3c(C)nn(CC(C)C)c3Cl)n[nH]2)c(OC)c1. The van der Waals surface area contributed by atoms with Gasteiger partial charge in [0.2, 0.25) is 5.95 Å². The fraction of sp³-hybridized carbons (Fsp3) is 0.333. The van der Waals surface area contributed by atoms with Gasteiger partial charge in [-0.05, 0) is 31.1 Å². The van der Waals surface area contributed by atoms with Crippen molar-refractivity contribution < 1.29 is 14.3 Å². The summed E-state index contributed by atoms with van der Waals surface area (Å²) in [6, 6.07) is 5.32. The molecule has 9 nitrogen and oxygen atoms in total. The lowest BCUT2D eigenvalue weighted by atomic mass is 10.2. The van der Waals surface area contributed by atoms with Crippen molar-refractivity contribution in [1.82, 2.24) is 25.0 Å². The van der Waals surface area contributed by atoms with Crippen molar-refractivity contribution in [3.8, 4) is 22.9 Å². The number of aromatic amines is 1. The summed E-state index contributed by atoms with van der Waals surface area (Å²) < 4.78 is 12.3. The van der Waals surface area contributed by atoms with Crippen LogP contribution in [0.5, 0.6) is 11.5 Å². The average molecular weight is 445 g/mol. The summed E-state index contributed by atoms with van der Waals surface area (Å²) in [4.78, 5) is 16.7. The molecule has 3 aromatic rings. The van der Waals surface area contributed by atoms with Crippen LogP contribution in [-0.2, 0) is 11.3 Å². The molecule has 164 valence electrons. The normalized spacial score (nSPS) is 11.3. The second kappa shape index (κ2) is 9.65. The second-order valence-corrected chi connectivity index (χ2v) is 7.62. The molecule has 0 saturated heterocycles. The molecule has 2 aromatic heterocycles. The Labute approximate surface area is 185 Å². The lowest BCUT2D eigenvalue weighted by molar-refractivity contribution is -0.111. The zero-order chi connectivity index (χ0) is 22.5. The molecule has 0 atom stereocenters. The molecule has 0 aliphatic heterocycles. The molecule has 0 fully saturated rings. The van der Waals surface area contributed by atoms with E-state index in [1.54, 1.807) is 43.2 Å². The number of halogens is 1. The van der Waals surface area contributed by atoms with Gasteiger partial charge in [0.05, 0.1) is 25.5 Å². The molecule has 0 aliphatic rings. The van der Waals surface area contributed by atoms with Crippen LogP contribution in [0.4, 0.5) is 5.95 Å². The number of amides is 1. The van der Waals surface area contributed by atoms with Crippen molar-refractivity contribution >= 4 is 29.5 Å². The molecule has 0 unspecified atom stereocenters. The van der Waals surface area contributed by atoms with Gasteiger partial charge in [-0.25, -0.2) is 0 Å². The number of ether oxygens (including phenoxy) is 2. The summed E-state index contributed by atoms with van der Waals surface area (Å²) in [6.45, 7) is 6.73. The lowest BCUT2D eigenvalue weighted by Crippen LogP contribution is -2.09. The molecule has 0 saturated carbocycles. The summed E-state index contributed by atoms with van der Waals surface area (Å²) in [5, 5.41) is 14.4. The van der Waals surface area contributed by atoms with Crippen LogP contribution in [-0.4, -0.2) is 45.1 Å². The van der Waals surface area contributed by atoms with Crippen LogP contribution in [0, 0.1) is 12.8 Å². The highest BCUT2D eigenvalue weighted by Gasteiger charge is 2.14. The van der Waals surface area contributed by atoms with Gasteiger partial charge in [0.25, 0.3) is 5.91 Å². The van der Waals surface area contributed by atoms with Crippen molar-refractivity contribution in [3.05, 3.63) is 40.7 Å². The van der Waals surface area contributed by atoms with Gasteiger partial charge < -0.3 is 9.47 Å². The molecule has 0 spiro atoms. The zero-order valence-electron chi connectivity index (χ0n) is 18.1. The first-order valence-corrected chi connectivity index (χ1v) is 10.1. The summed E-state index contributed by atoms with van der Waals surface area (Å²) in [6.07, 6.45) is 3.01. The number of hydrogen-bond donors (Lipinski definition) is 2. The number of aromatic nitrogens is 5. The molecular weight excluding hydrogens is 420 g/mol. The predicted octanol–water partition coefficient (Wildman–Crippen LogP) is 3.96. The molecule has 10 heteroatoms. The first-order chi connectivity index (χ1) is 14.8.